The molecule has 2 aromatic heterocycles. The van der Waals surface area contributed by atoms with Crippen molar-refractivity contribution in [3.05, 3.63) is 272 Å². The Hall–Kier alpha value is -10.1. The van der Waals surface area contributed by atoms with Crippen LogP contribution in [0, 0.1) is 6.92 Å². The van der Waals surface area contributed by atoms with Crippen LogP contribution in [0.1, 0.15) is 5.56 Å². The molecule has 0 N–H and O–H groups in total. The van der Waals surface area contributed by atoms with Gasteiger partial charge in [-0.1, -0.05) is 188 Å². The minimum Gasteiger partial charge on any atom is -0.311 e. The SMILES string of the molecule is Cc1ccc2c(c1)c1ccccc1n2-c1ccc(-c2nc(-c3ccccc3)nc(-c3ccccc3)n2)cc1-c1cccc(-c2ccc3c4c2N(c2ccccc2)c2ccccc2B4c2ccccc2N3c2ccccc2)c1. The van der Waals surface area contributed by atoms with Crippen LogP contribution >= 0.6 is 0 Å². The Bertz CT molecular complexity index is 4360. The van der Waals surface area contributed by atoms with Crippen LogP contribution in [0.3, 0.4) is 0 Å². The summed E-state index contributed by atoms with van der Waals surface area (Å²) in [7, 11) is 0. The van der Waals surface area contributed by atoms with Crippen LogP contribution in [0.5, 0.6) is 0 Å². The van der Waals surface area contributed by atoms with Gasteiger partial charge in [0.1, 0.15) is 0 Å². The van der Waals surface area contributed by atoms with Crippen molar-refractivity contribution in [1.29, 1.82) is 0 Å². The second-order valence-corrected chi connectivity index (χ2v) is 20.0. The van der Waals surface area contributed by atoms with Gasteiger partial charge in [-0.3, -0.25) is 0 Å². The highest BCUT2D eigenvalue weighted by Crippen LogP contribution is 2.49. The van der Waals surface area contributed by atoms with E-state index in [2.05, 4.69) is 252 Å². The minimum absolute atomic E-state index is 0.0143. The maximum atomic E-state index is 5.24. The van der Waals surface area contributed by atoms with Crippen molar-refractivity contribution in [2.75, 3.05) is 9.80 Å². The van der Waals surface area contributed by atoms with Gasteiger partial charge in [-0.15, -0.1) is 0 Å². The summed E-state index contributed by atoms with van der Waals surface area (Å²) in [6, 6.07) is 96.2. The zero-order chi connectivity index (χ0) is 51.0. The van der Waals surface area contributed by atoms with Crippen LogP contribution in [-0.4, -0.2) is 26.2 Å². The molecule has 2 aliphatic heterocycles. The van der Waals surface area contributed by atoms with Crippen LogP contribution in [0.15, 0.2) is 267 Å². The van der Waals surface area contributed by atoms with Gasteiger partial charge in [-0.2, -0.15) is 0 Å². The third kappa shape index (κ3) is 7.31. The molecular weight excluding hydrogens is 936 g/mol. The Kier molecular flexibility index (Phi) is 10.4. The molecule has 0 bridgehead atoms. The number of hydrogen-bond acceptors (Lipinski definition) is 5. The maximum absolute atomic E-state index is 5.24. The Labute approximate surface area is 447 Å². The molecule has 4 heterocycles. The number of benzene rings is 11. The molecule has 7 heteroatoms. The lowest BCUT2D eigenvalue weighted by Gasteiger charge is -2.45. The van der Waals surface area contributed by atoms with E-state index in [0.29, 0.717) is 17.5 Å². The molecule has 0 saturated heterocycles. The summed E-state index contributed by atoms with van der Waals surface area (Å²) in [4.78, 5) is 20.5. The Morgan fingerprint density at radius 3 is 1.49 bits per heavy atom. The summed E-state index contributed by atoms with van der Waals surface area (Å²) >= 11 is 0. The molecule has 2 aliphatic rings. The lowest BCUT2D eigenvalue weighted by Crippen LogP contribution is -2.61. The number of anilines is 6. The quantitative estimate of drug-likeness (QED) is 0.142. The van der Waals surface area contributed by atoms with Gasteiger partial charge in [0.25, 0.3) is 6.71 Å². The van der Waals surface area contributed by atoms with Gasteiger partial charge >= 0.3 is 0 Å². The zero-order valence-electron chi connectivity index (χ0n) is 42.2. The molecule has 0 saturated carbocycles. The molecule has 15 rings (SSSR count). The lowest BCUT2D eigenvalue weighted by atomic mass is 9.33. The first-order valence-electron chi connectivity index (χ1n) is 26.3. The standard InChI is InChI=1S/C70H47BN6/c1-46-37-40-62-57(43-46)55-31-14-17-34-60(55)77(62)61-41-38-51(70-73-68(47-21-6-2-7-22-47)72-69(74-70)48-23-8-3-9-24-48)45-56(61)50-26-20-25-49(44-50)54-39-42-65-66-67(54)76(53-29-12-5-13-30-53)64-36-19-16-33-59(64)71(66)58-32-15-18-35-63(58)75(65)52-27-10-4-11-28-52/h2-45H,1H3. The second-order valence-electron chi connectivity index (χ2n) is 20.0. The van der Waals surface area contributed by atoms with E-state index < -0.39 is 0 Å². The summed E-state index contributed by atoms with van der Waals surface area (Å²) in [6.45, 7) is 2.16. The molecule has 0 amide bonds. The summed E-state index contributed by atoms with van der Waals surface area (Å²) in [5, 5.41) is 2.43. The monoisotopic (exact) mass is 982 g/mol. The fourth-order valence-electron chi connectivity index (χ4n) is 12.1. The van der Waals surface area contributed by atoms with E-state index in [1.807, 2.05) is 36.4 Å². The number of rotatable bonds is 8. The van der Waals surface area contributed by atoms with Crippen LogP contribution < -0.4 is 26.2 Å². The van der Waals surface area contributed by atoms with Gasteiger partial charge in [0.05, 0.1) is 22.4 Å². The average Bonchev–Trinajstić information content (AvgIpc) is 3.92. The van der Waals surface area contributed by atoms with E-state index in [4.69, 9.17) is 15.0 Å². The second kappa shape index (κ2) is 18.1. The summed E-state index contributed by atoms with van der Waals surface area (Å²) in [5.74, 6) is 1.85. The van der Waals surface area contributed by atoms with E-state index in [0.717, 1.165) is 67.0 Å². The Morgan fingerprint density at radius 2 is 0.831 bits per heavy atom. The van der Waals surface area contributed by atoms with Crippen molar-refractivity contribution in [2.24, 2.45) is 0 Å². The molecule has 77 heavy (non-hydrogen) atoms. The molecule has 0 atom stereocenters. The highest BCUT2D eigenvalue weighted by Gasteiger charge is 2.44. The largest absolute Gasteiger partial charge is 0.311 e. The number of aryl methyl sites for hydroxylation is 1. The smallest absolute Gasteiger partial charge is 0.252 e. The van der Waals surface area contributed by atoms with Crippen molar-refractivity contribution < 1.29 is 0 Å². The predicted octanol–water partition coefficient (Wildman–Crippen LogP) is 15.7. The predicted molar refractivity (Wildman–Crippen MR) is 320 cm³/mol. The van der Waals surface area contributed by atoms with E-state index in [9.17, 15) is 0 Å². The molecule has 360 valence electrons. The van der Waals surface area contributed by atoms with Gasteiger partial charge in [-0.25, -0.2) is 15.0 Å². The zero-order valence-corrected chi connectivity index (χ0v) is 42.2. The molecule has 13 aromatic rings. The number of nitrogens with zero attached hydrogens (tertiary/aromatic N) is 6. The lowest BCUT2D eigenvalue weighted by molar-refractivity contribution is 1.07. The molecule has 0 radical (unpaired) electrons. The first-order valence-corrected chi connectivity index (χ1v) is 26.3. The van der Waals surface area contributed by atoms with Gasteiger partial charge < -0.3 is 14.4 Å². The minimum atomic E-state index is -0.0143. The maximum Gasteiger partial charge on any atom is 0.252 e. The first kappa shape index (κ1) is 44.4. The van der Waals surface area contributed by atoms with Gasteiger partial charge in [0.2, 0.25) is 0 Å². The van der Waals surface area contributed by atoms with Crippen LogP contribution in [0.4, 0.5) is 34.1 Å². The van der Waals surface area contributed by atoms with Gasteiger partial charge in [-0.05, 0) is 119 Å². The van der Waals surface area contributed by atoms with Crippen LogP contribution in [0.25, 0.3) is 83.9 Å². The van der Waals surface area contributed by atoms with E-state index in [1.165, 1.54) is 55.5 Å². The molecule has 0 spiro atoms. The third-order valence-electron chi connectivity index (χ3n) is 15.5. The van der Waals surface area contributed by atoms with Crippen molar-refractivity contribution in [3.63, 3.8) is 0 Å². The number of fused-ring (bicyclic) bond motifs is 7. The highest BCUT2D eigenvalue weighted by molar-refractivity contribution is 7.00. The van der Waals surface area contributed by atoms with Crippen molar-refractivity contribution in [3.8, 4) is 62.1 Å². The van der Waals surface area contributed by atoms with Crippen LogP contribution in [0.2, 0.25) is 0 Å². The summed E-state index contributed by atoms with van der Waals surface area (Å²) in [5.41, 5.74) is 22.5. The molecule has 0 aliphatic carbocycles. The van der Waals surface area contributed by atoms with Gasteiger partial charge in [0, 0.05) is 67.0 Å². The fourth-order valence-corrected chi connectivity index (χ4v) is 12.1. The molecule has 0 fully saturated rings. The molecule has 6 nitrogen and oxygen atoms in total. The summed E-state index contributed by atoms with van der Waals surface area (Å²) in [6.07, 6.45) is 0. The highest BCUT2D eigenvalue weighted by atomic mass is 15.2. The van der Waals surface area contributed by atoms with E-state index in [-0.39, 0.29) is 6.71 Å². The molecular formula is C70H47BN6. The third-order valence-corrected chi connectivity index (χ3v) is 15.5. The number of aromatic nitrogens is 4. The van der Waals surface area contributed by atoms with E-state index in [1.54, 1.807) is 0 Å². The van der Waals surface area contributed by atoms with Crippen molar-refractivity contribution >= 4 is 79.0 Å². The topological polar surface area (TPSA) is 50.1 Å². The Morgan fingerprint density at radius 1 is 0.325 bits per heavy atom. The normalized spacial score (nSPS) is 12.4. The van der Waals surface area contributed by atoms with E-state index >= 15 is 0 Å². The number of para-hydroxylation sites is 5. The van der Waals surface area contributed by atoms with Crippen LogP contribution in [-0.2, 0) is 0 Å². The molecule has 0 unspecified atom stereocenters. The Balaban J connectivity index is 0.991. The first-order chi connectivity index (χ1) is 38.1. The van der Waals surface area contributed by atoms with Crippen molar-refractivity contribution in [1.82, 2.24) is 19.5 Å². The number of hydrogen-bond donors (Lipinski definition) is 0. The average molecular weight is 983 g/mol. The van der Waals surface area contributed by atoms with Crippen molar-refractivity contribution in [2.45, 2.75) is 6.92 Å². The fraction of sp³-hybridized carbons (Fsp3) is 0.0143. The molecule has 11 aromatic carbocycles. The summed E-state index contributed by atoms with van der Waals surface area (Å²) < 4.78 is 2.44. The van der Waals surface area contributed by atoms with Gasteiger partial charge in [0.15, 0.2) is 17.5 Å².